The van der Waals surface area contributed by atoms with E-state index in [0.717, 1.165) is 0 Å². The summed E-state index contributed by atoms with van der Waals surface area (Å²) in [5.41, 5.74) is 0. The number of nitrogens with one attached hydrogen (secondary N) is 1. The van der Waals surface area contributed by atoms with Crippen molar-refractivity contribution in [2.75, 3.05) is 6.54 Å². The summed E-state index contributed by atoms with van der Waals surface area (Å²) in [4.78, 5) is 30.7. The number of rotatable bonds is 6. The number of carbonyl (C=O) groups is 3. The third-order valence-corrected chi connectivity index (χ3v) is 1.20. The van der Waals surface area contributed by atoms with E-state index in [1.165, 1.54) is 0 Å². The SMILES string of the molecule is O=C(O)CCCNC(=O)CC(=O)O. The highest BCUT2D eigenvalue weighted by atomic mass is 16.4. The van der Waals surface area contributed by atoms with Crippen LogP contribution in [0.3, 0.4) is 0 Å². The molecule has 74 valence electrons. The number of hydrogen-bond donors (Lipinski definition) is 3. The lowest BCUT2D eigenvalue weighted by Gasteiger charge is -2.00. The Balaban J connectivity index is 3.37. The van der Waals surface area contributed by atoms with Crippen molar-refractivity contribution in [3.8, 4) is 0 Å². The molecule has 3 N–H and O–H groups in total. The van der Waals surface area contributed by atoms with E-state index in [9.17, 15) is 14.4 Å². The summed E-state index contributed by atoms with van der Waals surface area (Å²) >= 11 is 0. The van der Waals surface area contributed by atoms with Crippen molar-refractivity contribution in [2.45, 2.75) is 19.3 Å². The first kappa shape index (κ1) is 11.4. The fourth-order valence-electron chi connectivity index (χ4n) is 0.667. The molecule has 6 heteroatoms. The minimum absolute atomic E-state index is 0.0344. The zero-order valence-corrected chi connectivity index (χ0v) is 6.95. The molecule has 0 aliphatic heterocycles. The molecule has 0 saturated carbocycles. The second-order valence-electron chi connectivity index (χ2n) is 2.42. The van der Waals surface area contributed by atoms with Gasteiger partial charge in [-0.3, -0.25) is 14.4 Å². The lowest BCUT2D eigenvalue weighted by Crippen LogP contribution is -2.26. The van der Waals surface area contributed by atoms with E-state index in [1.54, 1.807) is 0 Å². The minimum Gasteiger partial charge on any atom is -0.481 e. The summed E-state index contributed by atoms with van der Waals surface area (Å²) in [6, 6.07) is 0. The molecule has 0 rings (SSSR count). The smallest absolute Gasteiger partial charge is 0.312 e. The van der Waals surface area contributed by atoms with Gasteiger partial charge in [0.2, 0.25) is 5.91 Å². The first-order valence-electron chi connectivity index (χ1n) is 3.72. The van der Waals surface area contributed by atoms with Gasteiger partial charge in [-0.15, -0.1) is 0 Å². The van der Waals surface area contributed by atoms with Crippen molar-refractivity contribution in [1.29, 1.82) is 0 Å². The Hall–Kier alpha value is -1.59. The molecule has 0 aromatic heterocycles. The molecule has 6 nitrogen and oxygen atoms in total. The van der Waals surface area contributed by atoms with Crippen LogP contribution in [0.4, 0.5) is 0 Å². The number of carboxylic acid groups (broad SMARTS) is 2. The summed E-state index contributed by atoms with van der Waals surface area (Å²) in [6.45, 7) is 0.193. The number of aliphatic carboxylic acids is 2. The monoisotopic (exact) mass is 189 g/mol. The molecule has 0 aromatic carbocycles. The Labute approximate surface area is 74.6 Å². The average Bonchev–Trinajstić information content (AvgIpc) is 1.96. The highest BCUT2D eigenvalue weighted by molar-refractivity contribution is 5.93. The first-order chi connectivity index (χ1) is 6.02. The molecule has 0 radical (unpaired) electrons. The van der Waals surface area contributed by atoms with Crippen LogP contribution in [0.2, 0.25) is 0 Å². The Kier molecular flexibility index (Phi) is 5.25. The molecular weight excluding hydrogens is 178 g/mol. The summed E-state index contributed by atoms with van der Waals surface area (Å²) in [7, 11) is 0. The summed E-state index contributed by atoms with van der Waals surface area (Å²) in [5, 5.41) is 18.7. The van der Waals surface area contributed by atoms with Crippen LogP contribution in [0, 0.1) is 0 Å². The second kappa shape index (κ2) is 5.99. The number of carboxylic acids is 2. The normalized spacial score (nSPS) is 9.23. The first-order valence-corrected chi connectivity index (χ1v) is 3.72. The zero-order valence-electron chi connectivity index (χ0n) is 6.95. The highest BCUT2D eigenvalue weighted by Crippen LogP contribution is 1.87. The van der Waals surface area contributed by atoms with Gasteiger partial charge in [-0.05, 0) is 6.42 Å². The van der Waals surface area contributed by atoms with Gasteiger partial charge in [0, 0.05) is 13.0 Å². The Bertz CT molecular complexity index is 213. The van der Waals surface area contributed by atoms with Gasteiger partial charge in [0.25, 0.3) is 0 Å². The highest BCUT2D eigenvalue weighted by Gasteiger charge is 2.06. The molecule has 0 aromatic rings. The molecule has 0 fully saturated rings. The molecule has 0 aliphatic carbocycles. The maximum Gasteiger partial charge on any atom is 0.312 e. The van der Waals surface area contributed by atoms with Crippen LogP contribution in [0.1, 0.15) is 19.3 Å². The standard InChI is InChI=1S/C7H11NO5/c9-5(4-7(12)13)8-3-1-2-6(10)11/h1-4H2,(H,8,9)(H,10,11)(H,12,13). The third kappa shape index (κ3) is 8.32. The van der Waals surface area contributed by atoms with Gasteiger partial charge in [0.05, 0.1) is 0 Å². The zero-order chi connectivity index (χ0) is 10.3. The molecule has 0 bridgehead atoms. The summed E-state index contributed by atoms with van der Waals surface area (Å²) in [5.74, 6) is -2.74. The van der Waals surface area contributed by atoms with E-state index in [-0.39, 0.29) is 13.0 Å². The fourth-order valence-corrected chi connectivity index (χ4v) is 0.667. The van der Waals surface area contributed by atoms with Gasteiger partial charge in [-0.1, -0.05) is 0 Å². The molecule has 13 heavy (non-hydrogen) atoms. The molecular formula is C7H11NO5. The number of hydrogen-bond acceptors (Lipinski definition) is 3. The fraction of sp³-hybridized carbons (Fsp3) is 0.571. The number of amides is 1. The van der Waals surface area contributed by atoms with Gasteiger partial charge in [0.1, 0.15) is 6.42 Å². The Morgan fingerprint density at radius 1 is 1.08 bits per heavy atom. The summed E-state index contributed by atoms with van der Waals surface area (Å²) < 4.78 is 0. The van der Waals surface area contributed by atoms with Crippen molar-refractivity contribution in [3.05, 3.63) is 0 Å². The van der Waals surface area contributed by atoms with Crippen molar-refractivity contribution in [3.63, 3.8) is 0 Å². The second-order valence-corrected chi connectivity index (χ2v) is 2.42. The van der Waals surface area contributed by atoms with Gasteiger partial charge < -0.3 is 15.5 Å². The molecule has 1 amide bonds. The number of carbonyl (C=O) groups excluding carboxylic acids is 1. The largest absolute Gasteiger partial charge is 0.481 e. The van der Waals surface area contributed by atoms with Crippen LogP contribution in [-0.2, 0) is 14.4 Å². The van der Waals surface area contributed by atoms with Gasteiger partial charge >= 0.3 is 11.9 Å². The lowest BCUT2D eigenvalue weighted by molar-refractivity contribution is -0.141. The van der Waals surface area contributed by atoms with E-state index in [4.69, 9.17) is 10.2 Å². The predicted octanol–water partition coefficient (Wildman–Crippen LogP) is -0.558. The maximum atomic E-state index is 10.7. The van der Waals surface area contributed by atoms with Gasteiger partial charge in [-0.25, -0.2) is 0 Å². The van der Waals surface area contributed by atoms with E-state index in [2.05, 4.69) is 5.32 Å². The van der Waals surface area contributed by atoms with Crippen LogP contribution in [0.5, 0.6) is 0 Å². The Morgan fingerprint density at radius 2 is 1.69 bits per heavy atom. The van der Waals surface area contributed by atoms with Gasteiger partial charge in [0.15, 0.2) is 0 Å². The lowest BCUT2D eigenvalue weighted by atomic mass is 10.3. The molecule has 0 atom stereocenters. The molecule has 0 spiro atoms. The van der Waals surface area contributed by atoms with Crippen molar-refractivity contribution < 1.29 is 24.6 Å². The van der Waals surface area contributed by atoms with Crippen LogP contribution in [0.25, 0.3) is 0 Å². The maximum absolute atomic E-state index is 10.7. The quantitative estimate of drug-likeness (QED) is 0.384. The van der Waals surface area contributed by atoms with Crippen LogP contribution in [0.15, 0.2) is 0 Å². The van der Waals surface area contributed by atoms with Gasteiger partial charge in [-0.2, -0.15) is 0 Å². The molecule has 0 saturated heterocycles. The van der Waals surface area contributed by atoms with Crippen molar-refractivity contribution in [1.82, 2.24) is 5.32 Å². The predicted molar refractivity (Wildman–Crippen MR) is 42.1 cm³/mol. The molecule has 0 aliphatic rings. The summed E-state index contributed by atoms with van der Waals surface area (Å²) in [6.07, 6.45) is -0.304. The average molecular weight is 189 g/mol. The van der Waals surface area contributed by atoms with E-state index in [1.807, 2.05) is 0 Å². The Morgan fingerprint density at radius 3 is 2.15 bits per heavy atom. The van der Waals surface area contributed by atoms with Crippen LogP contribution >= 0.6 is 0 Å². The third-order valence-electron chi connectivity index (χ3n) is 1.20. The van der Waals surface area contributed by atoms with E-state index in [0.29, 0.717) is 6.42 Å². The van der Waals surface area contributed by atoms with Crippen molar-refractivity contribution >= 4 is 17.8 Å². The van der Waals surface area contributed by atoms with Crippen molar-refractivity contribution in [2.24, 2.45) is 0 Å². The minimum atomic E-state index is -1.20. The van der Waals surface area contributed by atoms with Crippen LogP contribution in [-0.4, -0.2) is 34.6 Å². The van der Waals surface area contributed by atoms with Crippen LogP contribution < -0.4 is 5.32 Å². The molecule has 0 unspecified atom stereocenters. The van der Waals surface area contributed by atoms with E-state index >= 15 is 0 Å². The topological polar surface area (TPSA) is 104 Å². The molecule has 0 heterocycles. The van der Waals surface area contributed by atoms with E-state index < -0.39 is 24.3 Å².